The van der Waals surface area contributed by atoms with Gasteiger partial charge in [-0.3, -0.25) is 4.79 Å². The molecule has 0 saturated carbocycles. The fraction of sp³-hybridized carbons (Fsp3) is 0.853. The monoisotopic (exact) mass is 613 g/mol. The lowest BCUT2D eigenvalue weighted by molar-refractivity contribution is -0.302. The van der Waals surface area contributed by atoms with E-state index in [4.69, 9.17) is 9.47 Å². The van der Waals surface area contributed by atoms with E-state index >= 15 is 0 Å². The number of aliphatic hydroxyl groups excluding tert-OH is 5. The number of rotatable bonds is 26. The van der Waals surface area contributed by atoms with E-state index in [-0.39, 0.29) is 12.5 Å². The minimum atomic E-state index is -1.56. The quantitative estimate of drug-likeness (QED) is 0.0601. The minimum Gasteiger partial charge on any atom is -0.394 e. The maximum absolute atomic E-state index is 12.8. The van der Waals surface area contributed by atoms with Crippen molar-refractivity contribution >= 4 is 5.91 Å². The lowest BCUT2D eigenvalue weighted by atomic mass is 9.99. The lowest BCUT2D eigenvalue weighted by Crippen LogP contribution is -2.60. The first-order valence-electron chi connectivity index (χ1n) is 17.1. The van der Waals surface area contributed by atoms with Gasteiger partial charge in [0.1, 0.15) is 24.4 Å². The number of aliphatic hydroxyl groups is 5. The van der Waals surface area contributed by atoms with Gasteiger partial charge in [-0.15, -0.1) is 0 Å². The van der Waals surface area contributed by atoms with Gasteiger partial charge in [0.2, 0.25) is 5.91 Å². The topological polar surface area (TPSA) is 149 Å². The van der Waals surface area contributed by atoms with Crippen molar-refractivity contribution in [2.24, 2.45) is 0 Å². The molecule has 0 radical (unpaired) electrons. The van der Waals surface area contributed by atoms with E-state index < -0.39 is 49.5 Å². The Labute approximate surface area is 260 Å². The highest BCUT2D eigenvalue weighted by Gasteiger charge is 2.44. The molecule has 0 aromatic heterocycles. The van der Waals surface area contributed by atoms with E-state index in [0.717, 1.165) is 38.5 Å². The van der Waals surface area contributed by atoms with Gasteiger partial charge in [-0.1, -0.05) is 115 Å². The van der Waals surface area contributed by atoms with Crippen LogP contribution in [0.15, 0.2) is 24.3 Å². The molecule has 1 amide bonds. The van der Waals surface area contributed by atoms with Crippen molar-refractivity contribution in [3.63, 3.8) is 0 Å². The van der Waals surface area contributed by atoms with E-state index in [9.17, 15) is 30.3 Å². The van der Waals surface area contributed by atoms with E-state index in [1.807, 2.05) is 6.08 Å². The molecular formula is C34H63NO8. The van der Waals surface area contributed by atoms with Crippen molar-refractivity contribution in [1.82, 2.24) is 5.32 Å². The van der Waals surface area contributed by atoms with Crippen LogP contribution >= 0.6 is 0 Å². The van der Waals surface area contributed by atoms with E-state index in [0.29, 0.717) is 6.42 Å². The molecule has 1 fully saturated rings. The Morgan fingerprint density at radius 2 is 1.33 bits per heavy atom. The Balaban J connectivity index is 2.54. The van der Waals surface area contributed by atoms with Gasteiger partial charge in [0.05, 0.1) is 25.4 Å². The summed E-state index contributed by atoms with van der Waals surface area (Å²) < 4.78 is 11.1. The molecular weight excluding hydrogens is 550 g/mol. The van der Waals surface area contributed by atoms with Crippen LogP contribution in [0, 0.1) is 0 Å². The van der Waals surface area contributed by atoms with Gasteiger partial charge in [0.15, 0.2) is 6.29 Å². The van der Waals surface area contributed by atoms with Crippen LogP contribution in [0.4, 0.5) is 0 Å². The molecule has 1 rings (SSSR count). The average Bonchev–Trinajstić information content (AvgIpc) is 3.00. The fourth-order valence-corrected chi connectivity index (χ4v) is 5.17. The molecule has 0 aromatic rings. The third-order valence-electron chi connectivity index (χ3n) is 8.03. The zero-order chi connectivity index (χ0) is 31.7. The highest BCUT2D eigenvalue weighted by Crippen LogP contribution is 2.22. The first-order chi connectivity index (χ1) is 20.8. The molecule has 0 bridgehead atoms. The molecule has 0 spiro atoms. The largest absolute Gasteiger partial charge is 0.394 e. The fourth-order valence-electron chi connectivity index (χ4n) is 5.17. The van der Waals surface area contributed by atoms with Crippen LogP contribution < -0.4 is 5.32 Å². The third kappa shape index (κ3) is 18.3. The van der Waals surface area contributed by atoms with Gasteiger partial charge in [-0.2, -0.15) is 0 Å². The van der Waals surface area contributed by atoms with Crippen molar-refractivity contribution < 1.29 is 39.8 Å². The second-order valence-corrected chi connectivity index (χ2v) is 12.0. The van der Waals surface area contributed by atoms with Gasteiger partial charge in [-0.05, 0) is 32.1 Å². The molecule has 0 aliphatic carbocycles. The lowest BCUT2D eigenvalue weighted by Gasteiger charge is -2.40. The second kappa shape index (κ2) is 25.9. The predicted octanol–water partition coefficient (Wildman–Crippen LogP) is 4.82. The van der Waals surface area contributed by atoms with Crippen molar-refractivity contribution in [1.29, 1.82) is 0 Å². The Kier molecular flexibility index (Phi) is 23.9. The number of allylic oxidation sites excluding steroid dienone is 3. The Bertz CT molecular complexity index is 731. The highest BCUT2D eigenvalue weighted by molar-refractivity contribution is 5.76. The van der Waals surface area contributed by atoms with E-state index in [1.54, 1.807) is 6.08 Å². The maximum Gasteiger partial charge on any atom is 0.220 e. The smallest absolute Gasteiger partial charge is 0.220 e. The summed E-state index contributed by atoms with van der Waals surface area (Å²) in [4.78, 5) is 12.8. The molecule has 7 atom stereocenters. The summed E-state index contributed by atoms with van der Waals surface area (Å²) in [5.74, 6) is -0.194. The minimum absolute atomic E-state index is 0.194. The standard InChI is InChI=1S/C34H63NO8/c1-3-5-7-9-11-13-14-16-18-20-22-24-30(38)35-27(28(37)23-21-19-17-15-12-10-8-6-4-2)26-42-34-33(41)32(40)31(39)29(25-36)43-34/h12,15,21,23,27-29,31-34,36-37,39-41H,3-11,13-14,16-20,22,24-26H2,1-2H3,(H,35,38)/b15-12+,23-21+. The number of ether oxygens (including phenoxy) is 2. The molecule has 1 saturated heterocycles. The van der Waals surface area contributed by atoms with Crippen LogP contribution in [-0.2, 0) is 14.3 Å². The summed E-state index contributed by atoms with van der Waals surface area (Å²) >= 11 is 0. The van der Waals surface area contributed by atoms with Crippen LogP contribution in [-0.4, -0.2) is 87.5 Å². The van der Waals surface area contributed by atoms with Crippen molar-refractivity contribution in [2.75, 3.05) is 13.2 Å². The van der Waals surface area contributed by atoms with Gasteiger partial charge in [0.25, 0.3) is 0 Å². The summed E-state index contributed by atoms with van der Waals surface area (Å²) in [6.07, 6.45) is 19.5. The summed E-state index contributed by atoms with van der Waals surface area (Å²) in [7, 11) is 0. The summed E-state index contributed by atoms with van der Waals surface area (Å²) in [6.45, 7) is 3.65. The van der Waals surface area contributed by atoms with Gasteiger partial charge in [-0.25, -0.2) is 0 Å². The highest BCUT2D eigenvalue weighted by atomic mass is 16.7. The summed E-state index contributed by atoms with van der Waals surface area (Å²) in [6, 6.07) is -0.812. The SMILES string of the molecule is CCCCC/C=C/CC/C=C/C(O)C(COC1OC(CO)C(O)C(O)C1O)NC(=O)CCCCCCCCCCCCC. The molecule has 1 heterocycles. The first kappa shape index (κ1) is 39.7. The second-order valence-electron chi connectivity index (χ2n) is 12.0. The van der Waals surface area contributed by atoms with Crippen molar-refractivity contribution in [3.05, 3.63) is 24.3 Å². The average molecular weight is 614 g/mol. The van der Waals surface area contributed by atoms with E-state index in [1.165, 1.54) is 70.6 Å². The molecule has 43 heavy (non-hydrogen) atoms. The molecule has 1 aliphatic heterocycles. The Morgan fingerprint density at radius 3 is 1.95 bits per heavy atom. The summed E-state index contributed by atoms with van der Waals surface area (Å²) in [5, 5.41) is 53.5. The van der Waals surface area contributed by atoms with Crippen molar-refractivity contribution in [2.45, 2.75) is 172 Å². The van der Waals surface area contributed by atoms with Gasteiger partial charge >= 0.3 is 0 Å². The number of hydrogen-bond acceptors (Lipinski definition) is 8. The van der Waals surface area contributed by atoms with Crippen LogP contribution in [0.25, 0.3) is 0 Å². The third-order valence-corrected chi connectivity index (χ3v) is 8.03. The molecule has 252 valence electrons. The van der Waals surface area contributed by atoms with E-state index in [2.05, 4.69) is 31.3 Å². The molecule has 0 aromatic carbocycles. The van der Waals surface area contributed by atoms with Crippen LogP contribution in [0.1, 0.15) is 129 Å². The molecule has 9 heteroatoms. The van der Waals surface area contributed by atoms with Crippen molar-refractivity contribution in [3.8, 4) is 0 Å². The number of hydrogen-bond donors (Lipinski definition) is 6. The van der Waals surface area contributed by atoms with Crippen LogP contribution in [0.2, 0.25) is 0 Å². The summed E-state index contributed by atoms with van der Waals surface area (Å²) in [5.41, 5.74) is 0. The predicted molar refractivity (Wildman–Crippen MR) is 170 cm³/mol. The molecule has 6 N–H and O–H groups in total. The number of nitrogens with one attached hydrogen (secondary N) is 1. The zero-order valence-corrected chi connectivity index (χ0v) is 27.0. The first-order valence-corrected chi connectivity index (χ1v) is 17.1. The normalized spacial score (nSPS) is 24.1. The molecule has 1 aliphatic rings. The number of unbranched alkanes of at least 4 members (excludes halogenated alkanes) is 14. The van der Waals surface area contributed by atoms with Gasteiger partial charge in [0, 0.05) is 6.42 Å². The number of amides is 1. The number of carbonyl (C=O) groups excluding carboxylic acids is 1. The Hall–Kier alpha value is -1.33. The van der Waals surface area contributed by atoms with Gasteiger partial charge < -0.3 is 40.3 Å². The zero-order valence-electron chi connectivity index (χ0n) is 27.0. The van der Waals surface area contributed by atoms with Crippen LogP contribution in [0.5, 0.6) is 0 Å². The maximum atomic E-state index is 12.8. The van der Waals surface area contributed by atoms with Crippen LogP contribution in [0.3, 0.4) is 0 Å². The molecule has 9 nitrogen and oxygen atoms in total. The number of carbonyl (C=O) groups is 1. The molecule has 7 unspecified atom stereocenters. The Morgan fingerprint density at radius 1 is 0.767 bits per heavy atom.